The number of piperidine rings is 1. The summed E-state index contributed by atoms with van der Waals surface area (Å²) in [5.74, 6) is 1.87. The van der Waals surface area contributed by atoms with E-state index in [1.54, 1.807) is 7.11 Å². The summed E-state index contributed by atoms with van der Waals surface area (Å²) in [6.45, 7) is 6.65. The Morgan fingerprint density at radius 3 is 2.86 bits per heavy atom. The van der Waals surface area contributed by atoms with Crippen molar-refractivity contribution in [2.24, 2.45) is 0 Å². The van der Waals surface area contributed by atoms with Crippen molar-refractivity contribution in [1.29, 1.82) is 0 Å². The van der Waals surface area contributed by atoms with Crippen LogP contribution < -0.4 is 0 Å². The Bertz CT molecular complexity index is 601. The molecule has 22 heavy (non-hydrogen) atoms. The highest BCUT2D eigenvalue weighted by molar-refractivity contribution is 5.20. The van der Waals surface area contributed by atoms with E-state index in [0.29, 0.717) is 24.2 Å². The van der Waals surface area contributed by atoms with Crippen LogP contribution in [0.15, 0.2) is 10.7 Å². The molecule has 1 N–H and O–H groups in total. The SMILES string of the molecule is COCc1noc(C(C)N2CCC(c3cn[nH]c3C)CC2)n1. The van der Waals surface area contributed by atoms with Crippen LogP contribution >= 0.6 is 0 Å². The third-order valence-electron chi connectivity index (χ3n) is 4.50. The van der Waals surface area contributed by atoms with Gasteiger partial charge in [-0.1, -0.05) is 5.16 Å². The van der Waals surface area contributed by atoms with Crippen molar-refractivity contribution in [3.63, 3.8) is 0 Å². The van der Waals surface area contributed by atoms with Crippen molar-refractivity contribution in [2.75, 3.05) is 20.2 Å². The van der Waals surface area contributed by atoms with Crippen LogP contribution in [0.25, 0.3) is 0 Å². The zero-order chi connectivity index (χ0) is 15.5. The second-order valence-corrected chi connectivity index (χ2v) is 5.92. The third-order valence-corrected chi connectivity index (χ3v) is 4.50. The number of aromatic amines is 1. The Morgan fingerprint density at radius 2 is 2.23 bits per heavy atom. The molecule has 0 radical (unpaired) electrons. The molecule has 7 nitrogen and oxygen atoms in total. The van der Waals surface area contributed by atoms with Crippen molar-refractivity contribution >= 4 is 0 Å². The molecular weight excluding hydrogens is 282 g/mol. The highest BCUT2D eigenvalue weighted by Crippen LogP contribution is 2.32. The summed E-state index contributed by atoms with van der Waals surface area (Å²) in [6, 6.07) is 0.143. The summed E-state index contributed by atoms with van der Waals surface area (Å²) >= 11 is 0. The van der Waals surface area contributed by atoms with E-state index in [4.69, 9.17) is 9.26 Å². The van der Waals surface area contributed by atoms with Crippen LogP contribution in [-0.2, 0) is 11.3 Å². The smallest absolute Gasteiger partial charge is 0.243 e. The molecule has 3 heterocycles. The fraction of sp³-hybridized carbons (Fsp3) is 0.667. The average Bonchev–Trinajstić information content (AvgIpc) is 3.16. The van der Waals surface area contributed by atoms with Crippen molar-refractivity contribution < 1.29 is 9.26 Å². The number of ether oxygens (including phenoxy) is 1. The van der Waals surface area contributed by atoms with Crippen molar-refractivity contribution in [2.45, 2.75) is 45.3 Å². The fourth-order valence-corrected chi connectivity index (χ4v) is 3.15. The van der Waals surface area contributed by atoms with Gasteiger partial charge in [-0.15, -0.1) is 0 Å². The zero-order valence-electron chi connectivity index (χ0n) is 13.4. The lowest BCUT2D eigenvalue weighted by molar-refractivity contribution is 0.136. The summed E-state index contributed by atoms with van der Waals surface area (Å²) in [7, 11) is 1.63. The highest BCUT2D eigenvalue weighted by atomic mass is 16.5. The number of methoxy groups -OCH3 is 1. The second-order valence-electron chi connectivity index (χ2n) is 5.92. The molecule has 0 amide bonds. The summed E-state index contributed by atoms with van der Waals surface area (Å²) < 4.78 is 10.4. The molecule has 120 valence electrons. The number of likely N-dealkylation sites (tertiary alicyclic amines) is 1. The molecule has 3 rings (SSSR count). The minimum absolute atomic E-state index is 0.143. The minimum Gasteiger partial charge on any atom is -0.377 e. The largest absolute Gasteiger partial charge is 0.377 e. The standard InChI is InChI=1S/C15H23N5O2/c1-10-13(8-16-18-10)12-4-6-20(7-5-12)11(2)15-17-14(9-21-3)19-22-15/h8,11-12H,4-7,9H2,1-3H3,(H,16,18). The molecule has 0 bridgehead atoms. The van der Waals surface area contributed by atoms with Gasteiger partial charge in [0.1, 0.15) is 6.61 Å². The van der Waals surface area contributed by atoms with Gasteiger partial charge < -0.3 is 9.26 Å². The van der Waals surface area contributed by atoms with Crippen LogP contribution in [0.2, 0.25) is 0 Å². The van der Waals surface area contributed by atoms with Crippen LogP contribution in [0.5, 0.6) is 0 Å². The second kappa shape index (κ2) is 6.58. The molecule has 0 aromatic carbocycles. The molecule has 1 aliphatic rings. The lowest BCUT2D eigenvalue weighted by Gasteiger charge is -2.34. The number of hydrogen-bond acceptors (Lipinski definition) is 6. The van der Waals surface area contributed by atoms with E-state index in [1.165, 1.54) is 11.3 Å². The number of aromatic nitrogens is 4. The molecule has 2 aromatic heterocycles. The first-order valence-electron chi connectivity index (χ1n) is 7.74. The minimum atomic E-state index is 0.143. The monoisotopic (exact) mass is 305 g/mol. The normalized spacial score (nSPS) is 18.7. The molecule has 0 spiro atoms. The number of hydrogen-bond donors (Lipinski definition) is 1. The molecule has 0 saturated carbocycles. The van der Waals surface area contributed by atoms with Crippen LogP contribution in [-0.4, -0.2) is 45.4 Å². The summed E-state index contributed by atoms with van der Waals surface area (Å²) in [4.78, 5) is 6.80. The maximum Gasteiger partial charge on any atom is 0.243 e. The Labute approximate surface area is 130 Å². The van der Waals surface area contributed by atoms with Crippen LogP contribution in [0, 0.1) is 6.92 Å². The van der Waals surface area contributed by atoms with Crippen LogP contribution in [0.4, 0.5) is 0 Å². The highest BCUT2D eigenvalue weighted by Gasteiger charge is 2.28. The lowest BCUT2D eigenvalue weighted by atomic mass is 9.89. The van der Waals surface area contributed by atoms with Crippen molar-refractivity contribution in [3.05, 3.63) is 29.2 Å². The van der Waals surface area contributed by atoms with E-state index in [1.807, 2.05) is 6.20 Å². The van der Waals surface area contributed by atoms with Gasteiger partial charge in [-0.2, -0.15) is 10.1 Å². The van der Waals surface area contributed by atoms with E-state index in [0.717, 1.165) is 25.9 Å². The van der Waals surface area contributed by atoms with Gasteiger partial charge in [0.25, 0.3) is 0 Å². The van der Waals surface area contributed by atoms with E-state index < -0.39 is 0 Å². The van der Waals surface area contributed by atoms with Gasteiger partial charge >= 0.3 is 0 Å². The van der Waals surface area contributed by atoms with Crippen LogP contribution in [0.3, 0.4) is 0 Å². The van der Waals surface area contributed by atoms with E-state index >= 15 is 0 Å². The zero-order valence-corrected chi connectivity index (χ0v) is 13.4. The van der Waals surface area contributed by atoms with Gasteiger partial charge in [0.15, 0.2) is 5.82 Å². The van der Waals surface area contributed by atoms with E-state index in [-0.39, 0.29) is 6.04 Å². The predicted molar refractivity (Wildman–Crippen MR) is 80.3 cm³/mol. The quantitative estimate of drug-likeness (QED) is 0.912. The number of H-pyrrole nitrogens is 1. The first kappa shape index (κ1) is 15.2. The fourth-order valence-electron chi connectivity index (χ4n) is 3.15. The van der Waals surface area contributed by atoms with Crippen molar-refractivity contribution in [1.82, 2.24) is 25.2 Å². The first-order valence-corrected chi connectivity index (χ1v) is 7.74. The maximum atomic E-state index is 5.35. The van der Waals surface area contributed by atoms with Gasteiger partial charge in [-0.3, -0.25) is 10.00 Å². The Kier molecular flexibility index (Phi) is 4.54. The van der Waals surface area contributed by atoms with E-state index in [2.05, 4.69) is 39.1 Å². The molecule has 0 aliphatic carbocycles. The molecule has 2 aromatic rings. The molecule has 1 saturated heterocycles. The number of rotatable bonds is 5. The van der Waals surface area contributed by atoms with Gasteiger partial charge in [0, 0.05) is 12.8 Å². The summed E-state index contributed by atoms with van der Waals surface area (Å²) in [6.07, 6.45) is 4.22. The molecule has 1 atom stereocenters. The number of nitrogens with zero attached hydrogens (tertiary/aromatic N) is 4. The molecule has 1 fully saturated rings. The molecule has 1 unspecified atom stereocenters. The number of nitrogens with one attached hydrogen (secondary N) is 1. The third kappa shape index (κ3) is 3.05. The molecular formula is C15H23N5O2. The van der Waals surface area contributed by atoms with Gasteiger partial charge in [-0.25, -0.2) is 0 Å². The Morgan fingerprint density at radius 1 is 1.45 bits per heavy atom. The number of aryl methyl sites for hydroxylation is 1. The summed E-state index contributed by atoms with van der Waals surface area (Å²) in [5.41, 5.74) is 2.54. The Balaban J connectivity index is 1.59. The molecule has 7 heteroatoms. The molecule has 1 aliphatic heterocycles. The maximum absolute atomic E-state index is 5.35. The lowest BCUT2D eigenvalue weighted by Crippen LogP contribution is -2.35. The van der Waals surface area contributed by atoms with Gasteiger partial charge in [0.05, 0.1) is 12.2 Å². The van der Waals surface area contributed by atoms with E-state index in [9.17, 15) is 0 Å². The van der Waals surface area contributed by atoms with Crippen LogP contribution in [0.1, 0.15) is 54.7 Å². The predicted octanol–water partition coefficient (Wildman–Crippen LogP) is 2.19. The average molecular weight is 305 g/mol. The van der Waals surface area contributed by atoms with Gasteiger partial charge in [-0.05, 0) is 51.3 Å². The first-order chi connectivity index (χ1) is 10.7. The Hall–Kier alpha value is -1.73. The van der Waals surface area contributed by atoms with Gasteiger partial charge in [0.2, 0.25) is 5.89 Å². The van der Waals surface area contributed by atoms with Crippen molar-refractivity contribution in [3.8, 4) is 0 Å². The topological polar surface area (TPSA) is 80.1 Å². The summed E-state index contributed by atoms with van der Waals surface area (Å²) in [5, 5.41) is 11.1.